The highest BCUT2D eigenvalue weighted by Crippen LogP contribution is 2.00. The Hall–Kier alpha value is -0.680. The van der Waals surface area contributed by atoms with E-state index in [9.17, 15) is 4.79 Å². The minimum atomic E-state index is 0.0768. The lowest BCUT2D eigenvalue weighted by molar-refractivity contribution is -0.123. The Bertz CT molecular complexity index is 269. The van der Waals surface area contributed by atoms with E-state index in [1.54, 1.807) is 0 Å². The Morgan fingerprint density at radius 2 is 2.00 bits per heavy atom. The summed E-state index contributed by atoms with van der Waals surface area (Å²) in [5.74, 6) is 0.598. The van der Waals surface area contributed by atoms with E-state index in [1.165, 1.54) is 0 Å². The minimum Gasteiger partial charge on any atom is -0.393 e. The van der Waals surface area contributed by atoms with Crippen LogP contribution in [0.1, 0.15) is 40.5 Å². The molecule has 0 aromatic rings. The number of amides is 1. The van der Waals surface area contributed by atoms with Crippen molar-refractivity contribution in [2.75, 3.05) is 19.6 Å². The number of hydrogen-bond acceptors (Lipinski definition) is 3. The molecule has 18 heavy (non-hydrogen) atoms. The van der Waals surface area contributed by atoms with Crippen LogP contribution in [0.15, 0.2) is 0 Å². The van der Waals surface area contributed by atoms with Crippen LogP contribution in [0.25, 0.3) is 0 Å². The van der Waals surface area contributed by atoms with Crippen LogP contribution in [-0.4, -0.2) is 41.5 Å². The molecule has 0 saturated heterocycles. The Morgan fingerprint density at radius 1 is 1.39 bits per heavy atom. The fraction of sp³-hybridized carbons (Fsp3) is 0.846. The number of hydrogen-bond donors (Lipinski definition) is 2. The second kappa shape index (κ2) is 9.28. The van der Waals surface area contributed by atoms with Crippen LogP contribution in [0.2, 0.25) is 0 Å². The van der Waals surface area contributed by atoms with Gasteiger partial charge >= 0.3 is 0 Å². The van der Waals surface area contributed by atoms with Crippen molar-refractivity contribution in [1.29, 1.82) is 0 Å². The zero-order valence-corrected chi connectivity index (χ0v) is 12.8. The van der Waals surface area contributed by atoms with Gasteiger partial charge in [-0.1, -0.05) is 33.0 Å². The van der Waals surface area contributed by atoms with Crippen LogP contribution in [0.4, 0.5) is 0 Å². The van der Waals surface area contributed by atoms with Crippen LogP contribution < -0.4 is 11.1 Å². The normalized spacial score (nSPS) is 12.8. The lowest BCUT2D eigenvalue weighted by Gasteiger charge is -2.24. The zero-order valence-electron chi connectivity index (χ0n) is 12.0. The molecule has 0 aromatic heterocycles. The molecule has 0 fully saturated rings. The van der Waals surface area contributed by atoms with E-state index in [1.807, 2.05) is 6.92 Å². The predicted octanol–water partition coefficient (Wildman–Crippen LogP) is 1.54. The van der Waals surface area contributed by atoms with Gasteiger partial charge < -0.3 is 11.1 Å². The summed E-state index contributed by atoms with van der Waals surface area (Å²) in [7, 11) is 0. The molecule has 0 aliphatic heterocycles. The number of nitrogens with one attached hydrogen (secondary N) is 1. The molecule has 5 heteroatoms. The number of rotatable bonds is 9. The Kier molecular flexibility index (Phi) is 8.93. The van der Waals surface area contributed by atoms with Gasteiger partial charge in [0, 0.05) is 25.6 Å². The van der Waals surface area contributed by atoms with Crippen molar-refractivity contribution >= 4 is 23.1 Å². The van der Waals surface area contributed by atoms with Gasteiger partial charge in [-0.3, -0.25) is 9.69 Å². The van der Waals surface area contributed by atoms with Crippen LogP contribution in [0, 0.1) is 5.92 Å². The van der Waals surface area contributed by atoms with Gasteiger partial charge in [-0.2, -0.15) is 0 Å². The second-order valence-corrected chi connectivity index (χ2v) is 5.75. The van der Waals surface area contributed by atoms with Gasteiger partial charge in [0.15, 0.2) is 0 Å². The summed E-state index contributed by atoms with van der Waals surface area (Å²) >= 11 is 4.88. The molecule has 0 aromatic carbocycles. The molecule has 0 spiro atoms. The van der Waals surface area contributed by atoms with Crippen LogP contribution in [0.3, 0.4) is 0 Å². The summed E-state index contributed by atoms with van der Waals surface area (Å²) in [5.41, 5.74) is 5.51. The summed E-state index contributed by atoms with van der Waals surface area (Å²) in [6.07, 6.45) is 1.61. The van der Waals surface area contributed by atoms with Gasteiger partial charge in [-0.15, -0.1) is 0 Å². The maximum atomic E-state index is 11.8. The molecule has 0 rings (SSSR count). The molecule has 1 amide bonds. The van der Waals surface area contributed by atoms with Gasteiger partial charge in [-0.05, 0) is 19.3 Å². The summed E-state index contributed by atoms with van der Waals surface area (Å²) in [6, 6.07) is 0.231. The van der Waals surface area contributed by atoms with Crippen molar-refractivity contribution in [3.8, 4) is 0 Å². The summed E-state index contributed by atoms with van der Waals surface area (Å²) in [6.45, 7) is 10.4. The third kappa shape index (κ3) is 9.36. The van der Waals surface area contributed by atoms with Gasteiger partial charge in [0.1, 0.15) is 0 Å². The predicted molar refractivity (Wildman–Crippen MR) is 80.6 cm³/mol. The number of nitrogens with zero attached hydrogens (tertiary/aromatic N) is 1. The van der Waals surface area contributed by atoms with E-state index < -0.39 is 0 Å². The summed E-state index contributed by atoms with van der Waals surface area (Å²) < 4.78 is 0. The third-order valence-electron chi connectivity index (χ3n) is 2.68. The quantitative estimate of drug-likeness (QED) is 0.626. The van der Waals surface area contributed by atoms with Crippen molar-refractivity contribution in [1.82, 2.24) is 10.2 Å². The summed E-state index contributed by atoms with van der Waals surface area (Å²) in [4.78, 5) is 14.5. The number of carbonyl (C=O) groups excluding carboxylic acids is 1. The third-order valence-corrected chi connectivity index (χ3v) is 2.89. The van der Waals surface area contributed by atoms with Crippen molar-refractivity contribution < 1.29 is 4.79 Å². The number of carbonyl (C=O) groups is 1. The molecule has 1 unspecified atom stereocenters. The standard InChI is InChI=1S/C13H27N3OS/c1-5-11(4)15-13(17)9-16(8-10(2)3)7-6-12(14)18/h10-11H,5-9H2,1-4H3,(H2,14,18)(H,15,17). The van der Waals surface area contributed by atoms with Gasteiger partial charge in [0.2, 0.25) is 5.91 Å². The summed E-state index contributed by atoms with van der Waals surface area (Å²) in [5, 5.41) is 2.98. The first-order chi connectivity index (χ1) is 8.35. The van der Waals surface area contributed by atoms with Gasteiger partial charge in [0.05, 0.1) is 11.5 Å². The highest BCUT2D eigenvalue weighted by atomic mass is 32.1. The van der Waals surface area contributed by atoms with E-state index in [2.05, 4.69) is 31.0 Å². The van der Waals surface area contributed by atoms with Crippen LogP contribution in [-0.2, 0) is 4.79 Å². The zero-order chi connectivity index (χ0) is 14.1. The average Bonchev–Trinajstić information content (AvgIpc) is 2.24. The second-order valence-electron chi connectivity index (χ2n) is 5.22. The average molecular weight is 273 g/mol. The molecule has 0 aliphatic rings. The number of thiocarbonyl (C=S) groups is 1. The van der Waals surface area contributed by atoms with Crippen molar-refractivity contribution in [2.45, 2.75) is 46.6 Å². The van der Waals surface area contributed by atoms with E-state index in [-0.39, 0.29) is 11.9 Å². The van der Waals surface area contributed by atoms with Gasteiger partial charge in [-0.25, -0.2) is 0 Å². The molecule has 0 bridgehead atoms. The monoisotopic (exact) mass is 273 g/mol. The minimum absolute atomic E-state index is 0.0768. The fourth-order valence-corrected chi connectivity index (χ4v) is 1.74. The highest BCUT2D eigenvalue weighted by Gasteiger charge is 2.13. The smallest absolute Gasteiger partial charge is 0.234 e. The topological polar surface area (TPSA) is 58.4 Å². The van der Waals surface area contributed by atoms with Crippen molar-refractivity contribution in [2.24, 2.45) is 11.7 Å². The molecular weight excluding hydrogens is 246 g/mol. The van der Waals surface area contributed by atoms with Crippen molar-refractivity contribution in [3.63, 3.8) is 0 Å². The Labute approximate surface area is 116 Å². The first-order valence-corrected chi connectivity index (χ1v) is 7.06. The van der Waals surface area contributed by atoms with Crippen molar-refractivity contribution in [3.05, 3.63) is 0 Å². The molecule has 0 radical (unpaired) electrons. The highest BCUT2D eigenvalue weighted by molar-refractivity contribution is 7.80. The van der Waals surface area contributed by atoms with Crippen LogP contribution in [0.5, 0.6) is 0 Å². The molecular formula is C13H27N3OS. The molecule has 0 heterocycles. The molecule has 106 valence electrons. The Morgan fingerprint density at radius 3 is 2.44 bits per heavy atom. The largest absolute Gasteiger partial charge is 0.393 e. The van der Waals surface area contributed by atoms with E-state index in [0.29, 0.717) is 23.9 Å². The fourth-order valence-electron chi connectivity index (χ4n) is 1.65. The molecule has 4 nitrogen and oxygen atoms in total. The van der Waals surface area contributed by atoms with Gasteiger partial charge in [0.25, 0.3) is 0 Å². The maximum Gasteiger partial charge on any atom is 0.234 e. The van der Waals surface area contributed by atoms with E-state index in [0.717, 1.165) is 19.5 Å². The molecule has 0 aliphatic carbocycles. The maximum absolute atomic E-state index is 11.8. The lowest BCUT2D eigenvalue weighted by Crippen LogP contribution is -2.42. The Balaban J connectivity index is 4.21. The number of nitrogens with two attached hydrogens (primary N) is 1. The molecule has 0 saturated carbocycles. The van der Waals surface area contributed by atoms with E-state index in [4.69, 9.17) is 18.0 Å². The van der Waals surface area contributed by atoms with E-state index >= 15 is 0 Å². The first kappa shape index (κ1) is 17.3. The molecule has 3 N–H and O–H groups in total. The molecule has 1 atom stereocenters. The SMILES string of the molecule is CCC(C)NC(=O)CN(CCC(N)=S)CC(C)C. The first-order valence-electron chi connectivity index (χ1n) is 6.65. The van der Waals surface area contributed by atoms with Crippen LogP contribution >= 0.6 is 12.2 Å². The lowest BCUT2D eigenvalue weighted by atomic mass is 10.2.